The molecule has 148 valence electrons. The summed E-state index contributed by atoms with van der Waals surface area (Å²) < 4.78 is 1.70. The average Bonchev–Trinajstić information content (AvgIpc) is 3.22. The first-order chi connectivity index (χ1) is 14.7. The van der Waals surface area contributed by atoms with Gasteiger partial charge in [-0.3, -0.25) is 0 Å². The summed E-state index contributed by atoms with van der Waals surface area (Å²) in [6.07, 6.45) is 5.71. The molecule has 30 heavy (non-hydrogen) atoms. The summed E-state index contributed by atoms with van der Waals surface area (Å²) in [7, 11) is 1.95. The largest absolute Gasteiger partial charge is 0.508 e. The van der Waals surface area contributed by atoms with Crippen molar-refractivity contribution < 1.29 is 5.11 Å². The van der Waals surface area contributed by atoms with E-state index in [0.29, 0.717) is 11.5 Å². The Labute approximate surface area is 173 Å². The molecule has 0 atom stereocenters. The highest BCUT2D eigenvalue weighted by Gasteiger charge is 2.22. The van der Waals surface area contributed by atoms with E-state index in [9.17, 15) is 10.4 Å². The van der Waals surface area contributed by atoms with Crippen LogP contribution in [0, 0.1) is 11.3 Å². The number of nitrogens with zero attached hydrogens (tertiary/aromatic N) is 6. The van der Waals surface area contributed by atoms with Gasteiger partial charge in [-0.15, -0.1) is 0 Å². The number of aromatic hydroxyl groups is 1. The summed E-state index contributed by atoms with van der Waals surface area (Å²) in [6, 6.07) is 14.9. The molecule has 0 unspecified atom stereocenters. The number of phenolic OH excluding ortho intramolecular Hbond substituents is 1. The molecule has 0 radical (unpaired) electrons. The van der Waals surface area contributed by atoms with Gasteiger partial charge in [0.1, 0.15) is 11.6 Å². The van der Waals surface area contributed by atoms with E-state index >= 15 is 0 Å². The second-order valence-electron chi connectivity index (χ2n) is 7.46. The predicted octanol–water partition coefficient (Wildman–Crippen LogP) is 4.04. The van der Waals surface area contributed by atoms with E-state index in [1.165, 1.54) is 0 Å². The standard InChI is InChI=1S/C23H20N6O/c1-28(16-7-5-8-17(30)12-16)22-18-9-2-3-10-20(18)26-23(27-22)29-21-11-4-6-15(13-24)19(21)14-25-29/h4-8,11-12,14,30H,2-3,9-10H2,1H3. The van der Waals surface area contributed by atoms with Crippen LogP contribution in [-0.2, 0) is 12.8 Å². The van der Waals surface area contributed by atoms with Crippen molar-refractivity contribution in [2.24, 2.45) is 0 Å². The maximum absolute atomic E-state index is 9.92. The second kappa shape index (κ2) is 7.16. The maximum atomic E-state index is 9.92. The van der Waals surface area contributed by atoms with Gasteiger partial charge in [0.05, 0.1) is 29.0 Å². The third-order valence-electron chi connectivity index (χ3n) is 5.61. The van der Waals surface area contributed by atoms with Crippen molar-refractivity contribution in [2.75, 3.05) is 11.9 Å². The van der Waals surface area contributed by atoms with Gasteiger partial charge in [-0.05, 0) is 49.9 Å². The lowest BCUT2D eigenvalue weighted by molar-refractivity contribution is 0.475. The van der Waals surface area contributed by atoms with Gasteiger partial charge in [-0.2, -0.15) is 20.0 Å². The molecule has 7 heteroatoms. The quantitative estimate of drug-likeness (QED) is 0.562. The van der Waals surface area contributed by atoms with Crippen molar-refractivity contribution in [3.05, 3.63) is 65.5 Å². The third kappa shape index (κ3) is 2.94. The lowest BCUT2D eigenvalue weighted by Gasteiger charge is -2.25. The molecule has 1 aliphatic rings. The first kappa shape index (κ1) is 18.1. The third-order valence-corrected chi connectivity index (χ3v) is 5.61. The van der Waals surface area contributed by atoms with Crippen LogP contribution in [-0.4, -0.2) is 31.9 Å². The van der Waals surface area contributed by atoms with Crippen molar-refractivity contribution in [3.8, 4) is 17.8 Å². The Kier molecular flexibility index (Phi) is 4.32. The van der Waals surface area contributed by atoms with Gasteiger partial charge < -0.3 is 10.0 Å². The molecular formula is C23H20N6O. The second-order valence-corrected chi connectivity index (χ2v) is 7.46. The van der Waals surface area contributed by atoms with E-state index in [1.54, 1.807) is 29.1 Å². The van der Waals surface area contributed by atoms with E-state index in [-0.39, 0.29) is 5.75 Å². The molecule has 0 bridgehead atoms. The summed E-state index contributed by atoms with van der Waals surface area (Å²) in [5.41, 5.74) is 4.41. The first-order valence-electron chi connectivity index (χ1n) is 9.95. The highest BCUT2D eigenvalue weighted by molar-refractivity contribution is 5.85. The molecule has 2 aromatic carbocycles. The molecule has 5 rings (SSSR count). The monoisotopic (exact) mass is 396 g/mol. The van der Waals surface area contributed by atoms with Crippen molar-refractivity contribution in [1.82, 2.24) is 19.7 Å². The van der Waals surface area contributed by atoms with Crippen LogP contribution >= 0.6 is 0 Å². The van der Waals surface area contributed by atoms with Gasteiger partial charge >= 0.3 is 0 Å². The molecule has 1 N–H and O–H groups in total. The molecule has 1 aliphatic carbocycles. The molecule has 2 aromatic heterocycles. The van der Waals surface area contributed by atoms with E-state index in [4.69, 9.17) is 9.97 Å². The van der Waals surface area contributed by atoms with Crippen molar-refractivity contribution >= 4 is 22.4 Å². The van der Waals surface area contributed by atoms with Gasteiger partial charge in [0.15, 0.2) is 0 Å². The van der Waals surface area contributed by atoms with Gasteiger partial charge in [0, 0.05) is 29.8 Å². The summed E-state index contributed by atoms with van der Waals surface area (Å²) in [5.74, 6) is 1.52. The van der Waals surface area contributed by atoms with Gasteiger partial charge in [-0.25, -0.2) is 4.98 Å². The molecule has 0 fully saturated rings. The SMILES string of the molecule is CN(c1cccc(O)c1)c1nc(-n2ncc3c(C#N)cccc32)nc2c1CCCC2. The maximum Gasteiger partial charge on any atom is 0.253 e. The van der Waals surface area contributed by atoms with E-state index in [2.05, 4.69) is 11.2 Å². The van der Waals surface area contributed by atoms with E-state index in [0.717, 1.165) is 59.3 Å². The fraction of sp³-hybridized carbons (Fsp3) is 0.217. The number of aromatic nitrogens is 4. The zero-order valence-corrected chi connectivity index (χ0v) is 16.6. The lowest BCUT2D eigenvalue weighted by atomic mass is 9.96. The minimum atomic E-state index is 0.213. The number of hydrogen-bond acceptors (Lipinski definition) is 6. The van der Waals surface area contributed by atoms with E-state index < -0.39 is 0 Å². The van der Waals surface area contributed by atoms with Crippen LogP contribution in [0.3, 0.4) is 0 Å². The van der Waals surface area contributed by atoms with Gasteiger partial charge in [-0.1, -0.05) is 12.1 Å². The summed E-state index contributed by atoms with van der Waals surface area (Å²) in [6.45, 7) is 0. The molecule has 0 saturated carbocycles. The van der Waals surface area contributed by atoms with Crippen LogP contribution in [0.15, 0.2) is 48.7 Å². The highest BCUT2D eigenvalue weighted by atomic mass is 16.3. The first-order valence-corrected chi connectivity index (χ1v) is 9.95. The smallest absolute Gasteiger partial charge is 0.253 e. The molecule has 0 spiro atoms. The molecule has 7 nitrogen and oxygen atoms in total. The molecule has 0 amide bonds. The molecule has 0 saturated heterocycles. The lowest BCUT2D eigenvalue weighted by Crippen LogP contribution is -2.20. The van der Waals surface area contributed by atoms with Crippen LogP contribution in [0.5, 0.6) is 5.75 Å². The Morgan fingerprint density at radius 2 is 1.93 bits per heavy atom. The Hall–Kier alpha value is -3.92. The van der Waals surface area contributed by atoms with Crippen LogP contribution in [0.1, 0.15) is 29.7 Å². The van der Waals surface area contributed by atoms with Crippen molar-refractivity contribution in [3.63, 3.8) is 0 Å². The summed E-state index contributed by atoms with van der Waals surface area (Å²) in [4.78, 5) is 11.7. The fourth-order valence-corrected chi connectivity index (χ4v) is 4.07. The van der Waals surface area contributed by atoms with E-state index in [1.807, 2.05) is 36.2 Å². The Morgan fingerprint density at radius 3 is 2.77 bits per heavy atom. The number of aryl methyl sites for hydroxylation is 1. The van der Waals surface area contributed by atoms with Crippen molar-refractivity contribution in [1.29, 1.82) is 5.26 Å². The van der Waals surface area contributed by atoms with Crippen LogP contribution in [0.4, 0.5) is 11.5 Å². The molecular weight excluding hydrogens is 376 g/mol. The minimum Gasteiger partial charge on any atom is -0.508 e. The Morgan fingerprint density at radius 1 is 1.10 bits per heavy atom. The topological polar surface area (TPSA) is 90.9 Å². The zero-order chi connectivity index (χ0) is 20.7. The number of anilines is 2. The van der Waals surface area contributed by atoms with Crippen LogP contribution in [0.2, 0.25) is 0 Å². The summed E-state index contributed by atoms with van der Waals surface area (Å²) >= 11 is 0. The number of benzene rings is 2. The number of hydrogen-bond donors (Lipinski definition) is 1. The molecule has 4 aromatic rings. The number of rotatable bonds is 3. The zero-order valence-electron chi connectivity index (χ0n) is 16.6. The molecule has 2 heterocycles. The normalized spacial score (nSPS) is 13.1. The van der Waals surface area contributed by atoms with Gasteiger partial charge in [0.25, 0.3) is 5.95 Å². The Balaban J connectivity index is 1.70. The predicted molar refractivity (Wildman–Crippen MR) is 114 cm³/mol. The summed E-state index contributed by atoms with van der Waals surface area (Å²) in [5, 5.41) is 24.6. The van der Waals surface area contributed by atoms with Crippen molar-refractivity contribution in [2.45, 2.75) is 25.7 Å². The molecule has 0 aliphatic heterocycles. The number of nitriles is 1. The number of fused-ring (bicyclic) bond motifs is 2. The van der Waals surface area contributed by atoms with Gasteiger partial charge in [0.2, 0.25) is 0 Å². The highest BCUT2D eigenvalue weighted by Crippen LogP contribution is 2.33. The number of phenols is 1. The fourth-order valence-electron chi connectivity index (χ4n) is 4.07. The Bertz CT molecular complexity index is 1300. The van der Waals surface area contributed by atoms with Crippen LogP contribution < -0.4 is 4.90 Å². The average molecular weight is 396 g/mol. The minimum absolute atomic E-state index is 0.213. The van der Waals surface area contributed by atoms with Crippen LogP contribution in [0.25, 0.3) is 16.9 Å².